The van der Waals surface area contributed by atoms with Gasteiger partial charge in [0.15, 0.2) is 0 Å². The molecule has 0 radical (unpaired) electrons. The van der Waals surface area contributed by atoms with Crippen molar-refractivity contribution in [1.29, 1.82) is 0 Å². The third kappa shape index (κ3) is 2.97. The van der Waals surface area contributed by atoms with Crippen LogP contribution in [-0.4, -0.2) is 12.6 Å². The zero-order valence-electron chi connectivity index (χ0n) is 11.8. The molecule has 1 aliphatic rings. The Kier molecular flexibility index (Phi) is 3.73. The van der Waals surface area contributed by atoms with Crippen LogP contribution in [0, 0.1) is 0 Å². The minimum atomic E-state index is -0.237. The van der Waals surface area contributed by atoms with Gasteiger partial charge >= 0.3 is 5.97 Å². The van der Waals surface area contributed by atoms with Gasteiger partial charge in [-0.3, -0.25) is 0 Å². The Balaban J connectivity index is 1.80. The Morgan fingerprint density at radius 1 is 1.10 bits per heavy atom. The molecule has 0 unspecified atom stereocenters. The third-order valence-corrected chi connectivity index (χ3v) is 3.34. The van der Waals surface area contributed by atoms with Crippen molar-refractivity contribution in [3.8, 4) is 11.5 Å². The summed E-state index contributed by atoms with van der Waals surface area (Å²) in [5.74, 6) is 1.32. The number of carbonyl (C=O) groups excluding carboxylic acids is 1. The molecule has 0 saturated heterocycles. The predicted molar refractivity (Wildman–Crippen MR) is 81.3 cm³/mol. The van der Waals surface area contributed by atoms with Gasteiger partial charge in [-0.05, 0) is 48.4 Å². The van der Waals surface area contributed by atoms with Crippen LogP contribution >= 0.6 is 0 Å². The van der Waals surface area contributed by atoms with Crippen molar-refractivity contribution in [1.82, 2.24) is 0 Å². The molecular formula is C18H16O3. The van der Waals surface area contributed by atoms with Crippen LogP contribution in [0.4, 0.5) is 0 Å². The molecule has 0 fully saturated rings. The summed E-state index contributed by atoms with van der Waals surface area (Å²) in [4.78, 5) is 11.8. The van der Waals surface area contributed by atoms with Crippen molar-refractivity contribution in [3.63, 3.8) is 0 Å². The van der Waals surface area contributed by atoms with E-state index in [-0.39, 0.29) is 5.97 Å². The van der Waals surface area contributed by atoms with Crippen LogP contribution in [0.2, 0.25) is 0 Å². The lowest BCUT2D eigenvalue weighted by atomic mass is 10.1. The fraction of sp³-hybridized carbons (Fsp3) is 0.167. The van der Waals surface area contributed by atoms with Gasteiger partial charge in [-0.1, -0.05) is 24.3 Å². The number of para-hydroxylation sites is 1. The highest BCUT2D eigenvalue weighted by molar-refractivity contribution is 5.96. The molecule has 2 aromatic rings. The Bertz CT molecular complexity index is 687. The van der Waals surface area contributed by atoms with Crippen molar-refractivity contribution < 1.29 is 14.3 Å². The molecule has 2 aromatic carbocycles. The first-order valence-corrected chi connectivity index (χ1v) is 7.00. The highest BCUT2D eigenvalue weighted by Crippen LogP contribution is 2.31. The highest BCUT2D eigenvalue weighted by atomic mass is 16.5. The maximum Gasteiger partial charge on any atom is 0.334 e. The zero-order valence-corrected chi connectivity index (χ0v) is 11.8. The molecule has 3 rings (SSSR count). The Hall–Kier alpha value is -2.55. The van der Waals surface area contributed by atoms with Crippen molar-refractivity contribution in [2.24, 2.45) is 0 Å². The Labute approximate surface area is 123 Å². The maximum absolute atomic E-state index is 11.8. The lowest BCUT2D eigenvalue weighted by Crippen LogP contribution is -2.07. The molecule has 3 nitrogen and oxygen atoms in total. The summed E-state index contributed by atoms with van der Waals surface area (Å²) in [6, 6.07) is 15.5. The molecule has 0 heterocycles. The monoisotopic (exact) mass is 280 g/mol. The second-order valence-corrected chi connectivity index (χ2v) is 4.84. The molecule has 0 aromatic heterocycles. The summed E-state index contributed by atoms with van der Waals surface area (Å²) in [5, 5.41) is 0. The van der Waals surface area contributed by atoms with Gasteiger partial charge in [0.2, 0.25) is 0 Å². The number of esters is 1. The summed E-state index contributed by atoms with van der Waals surface area (Å²) < 4.78 is 10.8. The predicted octanol–water partition coefficient (Wildman–Crippen LogP) is 3.98. The van der Waals surface area contributed by atoms with Gasteiger partial charge < -0.3 is 9.47 Å². The van der Waals surface area contributed by atoms with Gasteiger partial charge in [-0.25, -0.2) is 4.79 Å². The van der Waals surface area contributed by atoms with E-state index in [0.29, 0.717) is 18.6 Å². The number of fused-ring (bicyclic) bond motifs is 1. The van der Waals surface area contributed by atoms with E-state index in [1.807, 2.05) is 61.5 Å². The van der Waals surface area contributed by atoms with Crippen LogP contribution < -0.4 is 4.74 Å². The van der Waals surface area contributed by atoms with Gasteiger partial charge in [0.05, 0.1) is 6.61 Å². The summed E-state index contributed by atoms with van der Waals surface area (Å²) in [5.41, 5.74) is 2.84. The first-order valence-electron chi connectivity index (χ1n) is 7.00. The average molecular weight is 280 g/mol. The van der Waals surface area contributed by atoms with Gasteiger partial charge in [0.25, 0.3) is 0 Å². The van der Waals surface area contributed by atoms with E-state index in [1.54, 1.807) is 0 Å². The molecule has 106 valence electrons. The van der Waals surface area contributed by atoms with E-state index in [1.165, 1.54) is 0 Å². The summed E-state index contributed by atoms with van der Waals surface area (Å²) in [6.45, 7) is 2.21. The van der Waals surface area contributed by atoms with Crippen LogP contribution in [0.3, 0.4) is 0 Å². The van der Waals surface area contributed by atoms with Crippen LogP contribution in [0.25, 0.3) is 6.08 Å². The molecule has 0 bridgehead atoms. The molecule has 0 amide bonds. The largest absolute Gasteiger partial charge is 0.463 e. The van der Waals surface area contributed by atoms with Gasteiger partial charge in [-0.15, -0.1) is 0 Å². The van der Waals surface area contributed by atoms with E-state index in [2.05, 4.69) is 0 Å². The van der Waals surface area contributed by atoms with Gasteiger partial charge in [-0.2, -0.15) is 0 Å². The SMILES string of the molecule is CCOC(=O)C1=Cc2cc(Oc3ccccc3)ccc2C1. The van der Waals surface area contributed by atoms with Crippen LogP contribution in [0.5, 0.6) is 11.5 Å². The minimum absolute atomic E-state index is 0.237. The maximum atomic E-state index is 11.8. The van der Waals surface area contributed by atoms with Gasteiger partial charge in [0, 0.05) is 12.0 Å². The fourth-order valence-corrected chi connectivity index (χ4v) is 2.36. The van der Waals surface area contributed by atoms with E-state index in [4.69, 9.17) is 9.47 Å². The number of hydrogen-bond donors (Lipinski definition) is 0. The number of rotatable bonds is 4. The average Bonchev–Trinajstić information content (AvgIpc) is 2.92. The Morgan fingerprint density at radius 3 is 2.67 bits per heavy atom. The van der Waals surface area contributed by atoms with Crippen molar-refractivity contribution >= 4 is 12.0 Å². The number of hydrogen-bond acceptors (Lipinski definition) is 3. The zero-order chi connectivity index (χ0) is 14.7. The number of benzene rings is 2. The standard InChI is InChI=1S/C18H16O3/c1-2-20-18(19)15-10-13-8-9-17(12-14(13)11-15)21-16-6-4-3-5-7-16/h3-9,11-12H,2,10H2,1H3. The second-order valence-electron chi connectivity index (χ2n) is 4.84. The fourth-order valence-electron chi connectivity index (χ4n) is 2.36. The lowest BCUT2D eigenvalue weighted by Gasteiger charge is -2.07. The molecule has 0 saturated carbocycles. The summed E-state index contributed by atoms with van der Waals surface area (Å²) in [7, 11) is 0. The molecule has 0 aliphatic heterocycles. The van der Waals surface area contributed by atoms with Crippen LogP contribution in [-0.2, 0) is 16.0 Å². The van der Waals surface area contributed by atoms with Crippen LogP contribution in [0.15, 0.2) is 54.1 Å². The smallest absolute Gasteiger partial charge is 0.334 e. The molecule has 0 N–H and O–H groups in total. The summed E-state index contributed by atoms with van der Waals surface area (Å²) >= 11 is 0. The molecule has 3 heteroatoms. The lowest BCUT2D eigenvalue weighted by molar-refractivity contribution is -0.138. The normalized spacial score (nSPS) is 12.5. The molecule has 1 aliphatic carbocycles. The molecule has 0 atom stereocenters. The van der Waals surface area contributed by atoms with Crippen LogP contribution in [0.1, 0.15) is 18.1 Å². The van der Waals surface area contributed by atoms with E-state index in [0.717, 1.165) is 22.6 Å². The number of ether oxygens (including phenoxy) is 2. The Morgan fingerprint density at radius 2 is 1.90 bits per heavy atom. The third-order valence-electron chi connectivity index (χ3n) is 3.34. The van der Waals surface area contributed by atoms with E-state index < -0.39 is 0 Å². The molecule has 0 spiro atoms. The minimum Gasteiger partial charge on any atom is -0.463 e. The topological polar surface area (TPSA) is 35.5 Å². The van der Waals surface area contributed by atoms with Crippen molar-refractivity contribution in [3.05, 3.63) is 65.2 Å². The summed E-state index contributed by atoms with van der Waals surface area (Å²) in [6.07, 6.45) is 2.50. The van der Waals surface area contributed by atoms with Crippen molar-refractivity contribution in [2.75, 3.05) is 6.61 Å². The molecule has 21 heavy (non-hydrogen) atoms. The van der Waals surface area contributed by atoms with Crippen molar-refractivity contribution in [2.45, 2.75) is 13.3 Å². The molecular weight excluding hydrogens is 264 g/mol. The van der Waals surface area contributed by atoms with E-state index in [9.17, 15) is 4.79 Å². The first-order chi connectivity index (χ1) is 10.3. The van der Waals surface area contributed by atoms with Gasteiger partial charge in [0.1, 0.15) is 11.5 Å². The first kappa shape index (κ1) is 13.4. The quantitative estimate of drug-likeness (QED) is 0.795. The van der Waals surface area contributed by atoms with E-state index >= 15 is 0 Å². The second kappa shape index (κ2) is 5.83. The highest BCUT2D eigenvalue weighted by Gasteiger charge is 2.19. The number of carbonyl (C=O) groups is 1.